The third-order valence-corrected chi connectivity index (χ3v) is 3.44. The van der Waals surface area contributed by atoms with Gasteiger partial charge in [0.1, 0.15) is 0 Å². The Hall–Kier alpha value is -1.72. The Morgan fingerprint density at radius 1 is 0.880 bits per heavy atom. The molecule has 0 amide bonds. The first-order valence-corrected chi connectivity index (χ1v) is 8.86. The molecular formula is C20H31FO4. The number of aliphatic hydroxyl groups excluding tert-OH is 2. The standard InChI is InChI=1S/C20H31FO4/c21-17-10-6-2-1-3-7-12-18(22)13-8-4-5-9-14-19(23)15-11-16-20(24)25/h3-5,7-9,13-14,18-19,22-23H,1-2,6,10-12,15-17H2,(H,24,25)/b5-4+,7-3-,13-8+,14-9-/t18-,19-/m1/s1. The highest BCUT2D eigenvalue weighted by molar-refractivity contribution is 5.66. The average molecular weight is 354 g/mol. The molecule has 0 aromatic heterocycles. The summed E-state index contributed by atoms with van der Waals surface area (Å²) in [5.41, 5.74) is 0. The van der Waals surface area contributed by atoms with Gasteiger partial charge in [0.05, 0.1) is 18.9 Å². The number of aliphatic hydroxyl groups is 2. The van der Waals surface area contributed by atoms with Crippen LogP contribution in [0.15, 0.2) is 48.6 Å². The molecule has 2 atom stereocenters. The van der Waals surface area contributed by atoms with E-state index < -0.39 is 18.2 Å². The normalized spacial score (nSPS) is 15.0. The van der Waals surface area contributed by atoms with Crippen molar-refractivity contribution >= 4 is 5.97 Å². The molecule has 5 heteroatoms. The van der Waals surface area contributed by atoms with Crippen LogP contribution in [0.3, 0.4) is 0 Å². The van der Waals surface area contributed by atoms with Crippen LogP contribution in [-0.4, -0.2) is 40.2 Å². The summed E-state index contributed by atoms with van der Waals surface area (Å²) >= 11 is 0. The van der Waals surface area contributed by atoms with Crippen molar-refractivity contribution in [2.45, 2.75) is 63.6 Å². The second-order valence-electron chi connectivity index (χ2n) is 5.82. The largest absolute Gasteiger partial charge is 0.481 e. The third kappa shape index (κ3) is 18.5. The van der Waals surface area contributed by atoms with Gasteiger partial charge in [-0.1, -0.05) is 55.0 Å². The van der Waals surface area contributed by atoms with Crippen LogP contribution in [0.4, 0.5) is 4.39 Å². The van der Waals surface area contributed by atoms with E-state index in [9.17, 15) is 19.4 Å². The lowest BCUT2D eigenvalue weighted by Gasteiger charge is -2.02. The van der Waals surface area contributed by atoms with E-state index in [0.29, 0.717) is 25.7 Å². The summed E-state index contributed by atoms with van der Waals surface area (Å²) < 4.78 is 11.9. The van der Waals surface area contributed by atoms with Crippen molar-refractivity contribution < 1.29 is 24.5 Å². The van der Waals surface area contributed by atoms with E-state index in [1.54, 1.807) is 36.5 Å². The molecule has 0 aromatic rings. The summed E-state index contributed by atoms with van der Waals surface area (Å²) in [6.45, 7) is -0.250. The zero-order valence-corrected chi connectivity index (χ0v) is 14.8. The first-order chi connectivity index (χ1) is 12.1. The quantitative estimate of drug-likeness (QED) is 0.235. The molecular weight excluding hydrogens is 323 g/mol. The van der Waals surface area contributed by atoms with Gasteiger partial charge in [0, 0.05) is 6.42 Å². The SMILES string of the molecule is O=C(O)CCC[C@H](O)\C=C/C=C/C=C/[C@H](O)C/C=C\CCCCCF. The minimum Gasteiger partial charge on any atom is -0.481 e. The molecule has 0 aliphatic heterocycles. The Kier molecular flexibility index (Phi) is 15.9. The van der Waals surface area contributed by atoms with E-state index in [-0.39, 0.29) is 13.1 Å². The van der Waals surface area contributed by atoms with Crippen LogP contribution >= 0.6 is 0 Å². The summed E-state index contributed by atoms with van der Waals surface area (Å²) in [6, 6.07) is 0. The zero-order valence-electron chi connectivity index (χ0n) is 14.8. The first kappa shape index (κ1) is 23.3. The summed E-state index contributed by atoms with van der Waals surface area (Å²) in [6.07, 6.45) is 17.9. The highest BCUT2D eigenvalue weighted by atomic mass is 19.1. The van der Waals surface area contributed by atoms with Crippen molar-refractivity contribution in [1.82, 2.24) is 0 Å². The molecule has 25 heavy (non-hydrogen) atoms. The molecule has 0 saturated carbocycles. The molecule has 0 fully saturated rings. The Bertz CT molecular complexity index is 441. The fraction of sp³-hybridized carbons (Fsp3) is 0.550. The maximum atomic E-state index is 11.9. The third-order valence-electron chi connectivity index (χ3n) is 3.44. The van der Waals surface area contributed by atoms with Gasteiger partial charge in [-0.15, -0.1) is 0 Å². The van der Waals surface area contributed by atoms with Gasteiger partial charge in [-0.25, -0.2) is 0 Å². The van der Waals surface area contributed by atoms with E-state index >= 15 is 0 Å². The van der Waals surface area contributed by atoms with Crippen molar-refractivity contribution in [3.05, 3.63) is 48.6 Å². The number of aliphatic carboxylic acids is 1. The van der Waals surface area contributed by atoms with Gasteiger partial charge in [0.25, 0.3) is 0 Å². The lowest BCUT2D eigenvalue weighted by atomic mass is 10.1. The summed E-state index contributed by atoms with van der Waals surface area (Å²) in [4.78, 5) is 10.3. The molecule has 0 bridgehead atoms. The van der Waals surface area contributed by atoms with Crippen LogP contribution in [0.1, 0.15) is 51.4 Å². The number of hydrogen-bond donors (Lipinski definition) is 3. The average Bonchev–Trinajstić information content (AvgIpc) is 2.56. The van der Waals surface area contributed by atoms with Gasteiger partial charge in [-0.3, -0.25) is 9.18 Å². The highest BCUT2D eigenvalue weighted by Gasteiger charge is 2.01. The number of halogens is 1. The van der Waals surface area contributed by atoms with Crippen LogP contribution in [0, 0.1) is 0 Å². The van der Waals surface area contributed by atoms with Gasteiger partial charge < -0.3 is 15.3 Å². The highest BCUT2D eigenvalue weighted by Crippen LogP contribution is 2.04. The van der Waals surface area contributed by atoms with E-state index in [1.165, 1.54) is 0 Å². The summed E-state index contributed by atoms with van der Waals surface area (Å²) in [7, 11) is 0. The van der Waals surface area contributed by atoms with E-state index in [1.807, 2.05) is 12.2 Å². The molecule has 0 unspecified atom stereocenters. The number of alkyl halides is 1. The first-order valence-electron chi connectivity index (χ1n) is 8.86. The molecule has 3 N–H and O–H groups in total. The molecule has 4 nitrogen and oxygen atoms in total. The van der Waals surface area contributed by atoms with Crippen LogP contribution in [-0.2, 0) is 4.79 Å². The Labute approximate surface area is 150 Å². The molecule has 0 spiro atoms. The van der Waals surface area contributed by atoms with Crippen molar-refractivity contribution in [3.63, 3.8) is 0 Å². The molecule has 142 valence electrons. The second kappa shape index (κ2) is 17.1. The Morgan fingerprint density at radius 3 is 2.20 bits per heavy atom. The predicted molar refractivity (Wildman–Crippen MR) is 99.1 cm³/mol. The van der Waals surface area contributed by atoms with Crippen molar-refractivity contribution in [2.24, 2.45) is 0 Å². The van der Waals surface area contributed by atoms with Gasteiger partial charge in [-0.2, -0.15) is 0 Å². The number of carbonyl (C=O) groups is 1. The number of hydrogen-bond acceptors (Lipinski definition) is 3. The van der Waals surface area contributed by atoms with Crippen molar-refractivity contribution in [2.75, 3.05) is 6.67 Å². The summed E-state index contributed by atoms with van der Waals surface area (Å²) in [5.74, 6) is -0.855. The molecule has 0 aromatic carbocycles. The maximum absolute atomic E-state index is 11.9. The molecule has 0 heterocycles. The maximum Gasteiger partial charge on any atom is 0.303 e. The Balaban J connectivity index is 3.79. The lowest BCUT2D eigenvalue weighted by molar-refractivity contribution is -0.137. The molecule has 0 rings (SSSR count). The number of unbranched alkanes of at least 4 members (excludes halogenated alkanes) is 3. The zero-order chi connectivity index (χ0) is 18.8. The fourth-order valence-electron chi connectivity index (χ4n) is 2.04. The second-order valence-corrected chi connectivity index (χ2v) is 5.82. The van der Waals surface area contributed by atoms with Crippen LogP contribution in [0.25, 0.3) is 0 Å². The van der Waals surface area contributed by atoms with Gasteiger partial charge in [0.2, 0.25) is 0 Å². The molecule has 0 aliphatic rings. The van der Waals surface area contributed by atoms with Crippen molar-refractivity contribution in [3.8, 4) is 0 Å². The Morgan fingerprint density at radius 2 is 1.56 bits per heavy atom. The fourth-order valence-corrected chi connectivity index (χ4v) is 2.04. The van der Waals surface area contributed by atoms with Crippen molar-refractivity contribution in [1.29, 1.82) is 0 Å². The van der Waals surface area contributed by atoms with Gasteiger partial charge in [0.15, 0.2) is 0 Å². The van der Waals surface area contributed by atoms with Gasteiger partial charge in [-0.05, 0) is 38.5 Å². The van der Waals surface area contributed by atoms with Crippen LogP contribution < -0.4 is 0 Å². The molecule has 0 aliphatic carbocycles. The van der Waals surface area contributed by atoms with Gasteiger partial charge >= 0.3 is 5.97 Å². The summed E-state index contributed by atoms with van der Waals surface area (Å²) in [5, 5.41) is 27.8. The smallest absolute Gasteiger partial charge is 0.303 e. The minimum absolute atomic E-state index is 0.0629. The number of carboxylic acid groups (broad SMARTS) is 1. The minimum atomic E-state index is -0.855. The topological polar surface area (TPSA) is 77.8 Å². The van der Waals surface area contributed by atoms with Crippen LogP contribution in [0.5, 0.6) is 0 Å². The molecule has 0 saturated heterocycles. The van der Waals surface area contributed by atoms with E-state index in [4.69, 9.17) is 5.11 Å². The number of carboxylic acids is 1. The van der Waals surface area contributed by atoms with Crippen LogP contribution in [0.2, 0.25) is 0 Å². The van der Waals surface area contributed by atoms with E-state index in [2.05, 4.69) is 0 Å². The van der Waals surface area contributed by atoms with E-state index in [0.717, 1.165) is 19.3 Å². The monoisotopic (exact) mass is 354 g/mol. The number of allylic oxidation sites excluding steroid dienone is 5. The lowest BCUT2D eigenvalue weighted by Crippen LogP contribution is -2.03. The number of rotatable bonds is 15. The predicted octanol–water partition coefficient (Wildman–Crippen LogP) is 4.11. The molecule has 0 radical (unpaired) electrons.